The van der Waals surface area contributed by atoms with Crippen LogP contribution in [0.25, 0.3) is 0 Å². The third-order valence-electron chi connectivity index (χ3n) is 5.93. The maximum absolute atomic E-state index is 13.3. The SMILES string of the molecule is CCCCNC(=O)[C@@H](C)N(Cc1cccc(C)c1)C(=O)CCCN(c1cccc(OC)c1)S(C)(=O)=O. The number of amides is 2. The predicted octanol–water partition coefficient (Wildman–Crippen LogP) is 3.88. The van der Waals surface area contributed by atoms with E-state index in [0.29, 0.717) is 30.9 Å². The van der Waals surface area contributed by atoms with Crippen molar-refractivity contribution in [2.45, 2.75) is 59.0 Å². The summed E-state index contributed by atoms with van der Waals surface area (Å²) >= 11 is 0. The van der Waals surface area contributed by atoms with Crippen molar-refractivity contribution in [2.24, 2.45) is 0 Å². The van der Waals surface area contributed by atoms with Crippen molar-refractivity contribution >= 4 is 27.5 Å². The van der Waals surface area contributed by atoms with Gasteiger partial charge in [-0.1, -0.05) is 49.2 Å². The normalized spacial score (nSPS) is 12.0. The monoisotopic (exact) mass is 517 g/mol. The zero-order valence-corrected chi connectivity index (χ0v) is 22.8. The van der Waals surface area contributed by atoms with Crippen LogP contribution in [-0.2, 0) is 26.2 Å². The molecule has 198 valence electrons. The summed E-state index contributed by atoms with van der Waals surface area (Å²) in [5, 5.41) is 2.91. The first-order valence-electron chi connectivity index (χ1n) is 12.3. The van der Waals surface area contributed by atoms with Gasteiger partial charge in [0.2, 0.25) is 21.8 Å². The van der Waals surface area contributed by atoms with Gasteiger partial charge in [-0.15, -0.1) is 0 Å². The molecular weight excluding hydrogens is 478 g/mol. The first-order chi connectivity index (χ1) is 17.1. The Morgan fingerprint density at radius 2 is 1.81 bits per heavy atom. The highest BCUT2D eigenvalue weighted by atomic mass is 32.2. The molecule has 36 heavy (non-hydrogen) atoms. The van der Waals surface area contributed by atoms with Crippen molar-refractivity contribution in [1.82, 2.24) is 10.2 Å². The number of unbranched alkanes of at least 4 members (excludes halogenated alkanes) is 1. The summed E-state index contributed by atoms with van der Waals surface area (Å²) in [6.45, 7) is 6.76. The number of methoxy groups -OCH3 is 1. The summed E-state index contributed by atoms with van der Waals surface area (Å²) in [4.78, 5) is 27.7. The van der Waals surface area contributed by atoms with Gasteiger partial charge in [0.15, 0.2) is 0 Å². The quantitative estimate of drug-likeness (QED) is 0.384. The summed E-state index contributed by atoms with van der Waals surface area (Å²) in [6.07, 6.45) is 3.38. The second-order valence-electron chi connectivity index (χ2n) is 8.97. The Morgan fingerprint density at radius 1 is 1.08 bits per heavy atom. The maximum Gasteiger partial charge on any atom is 0.242 e. The molecule has 2 aromatic carbocycles. The molecule has 0 radical (unpaired) electrons. The molecule has 0 aliphatic heterocycles. The van der Waals surface area contributed by atoms with E-state index in [1.54, 1.807) is 36.1 Å². The van der Waals surface area contributed by atoms with E-state index in [-0.39, 0.29) is 24.8 Å². The summed E-state index contributed by atoms with van der Waals surface area (Å²) in [6, 6.07) is 14.0. The van der Waals surface area contributed by atoms with Crippen LogP contribution in [0.1, 0.15) is 50.7 Å². The van der Waals surface area contributed by atoms with Gasteiger partial charge in [0, 0.05) is 32.1 Å². The van der Waals surface area contributed by atoms with Crippen molar-refractivity contribution in [3.8, 4) is 5.75 Å². The van der Waals surface area contributed by atoms with E-state index in [0.717, 1.165) is 30.2 Å². The highest BCUT2D eigenvalue weighted by molar-refractivity contribution is 7.92. The first kappa shape index (κ1) is 29.2. The number of carbonyl (C=O) groups excluding carboxylic acids is 2. The van der Waals surface area contributed by atoms with E-state index in [2.05, 4.69) is 12.2 Å². The zero-order valence-electron chi connectivity index (χ0n) is 22.0. The lowest BCUT2D eigenvalue weighted by molar-refractivity contribution is -0.140. The number of rotatable bonds is 14. The zero-order chi connectivity index (χ0) is 26.7. The molecule has 1 N–H and O–H groups in total. The number of aryl methyl sites for hydroxylation is 1. The Hall–Kier alpha value is -3.07. The lowest BCUT2D eigenvalue weighted by Gasteiger charge is -2.29. The number of ether oxygens (including phenoxy) is 1. The van der Waals surface area contributed by atoms with Crippen molar-refractivity contribution < 1.29 is 22.7 Å². The average Bonchev–Trinajstić information content (AvgIpc) is 2.84. The van der Waals surface area contributed by atoms with Gasteiger partial charge in [0.25, 0.3) is 0 Å². The molecule has 0 aromatic heterocycles. The minimum absolute atomic E-state index is 0.106. The summed E-state index contributed by atoms with van der Waals surface area (Å²) in [7, 11) is -2.05. The minimum Gasteiger partial charge on any atom is -0.497 e. The molecule has 2 aromatic rings. The number of nitrogens with one attached hydrogen (secondary N) is 1. The van der Waals surface area contributed by atoms with Crippen LogP contribution in [0.5, 0.6) is 5.75 Å². The smallest absolute Gasteiger partial charge is 0.242 e. The second-order valence-corrected chi connectivity index (χ2v) is 10.9. The molecule has 0 spiro atoms. The van der Waals surface area contributed by atoms with Gasteiger partial charge in [-0.05, 0) is 44.4 Å². The Bertz CT molecular complexity index is 1120. The van der Waals surface area contributed by atoms with Crippen LogP contribution < -0.4 is 14.4 Å². The summed E-state index contributed by atoms with van der Waals surface area (Å²) < 4.78 is 31.4. The third-order valence-corrected chi connectivity index (χ3v) is 7.12. The lowest BCUT2D eigenvalue weighted by Crippen LogP contribution is -2.48. The highest BCUT2D eigenvalue weighted by Crippen LogP contribution is 2.24. The molecule has 0 heterocycles. The van der Waals surface area contributed by atoms with E-state index in [1.807, 2.05) is 31.2 Å². The molecule has 0 saturated heterocycles. The highest BCUT2D eigenvalue weighted by Gasteiger charge is 2.26. The van der Waals surface area contributed by atoms with Crippen LogP contribution in [-0.4, -0.2) is 57.6 Å². The van der Waals surface area contributed by atoms with E-state index < -0.39 is 16.1 Å². The van der Waals surface area contributed by atoms with E-state index in [4.69, 9.17) is 4.74 Å². The van der Waals surface area contributed by atoms with Gasteiger partial charge in [-0.3, -0.25) is 13.9 Å². The van der Waals surface area contributed by atoms with Crippen LogP contribution >= 0.6 is 0 Å². The van der Waals surface area contributed by atoms with Crippen LogP contribution in [0.15, 0.2) is 48.5 Å². The van der Waals surface area contributed by atoms with Crippen molar-refractivity contribution in [2.75, 3.05) is 30.8 Å². The molecular formula is C27H39N3O5S. The Morgan fingerprint density at radius 3 is 2.44 bits per heavy atom. The van der Waals surface area contributed by atoms with Crippen LogP contribution in [0, 0.1) is 6.92 Å². The predicted molar refractivity (Wildman–Crippen MR) is 144 cm³/mol. The van der Waals surface area contributed by atoms with Crippen LogP contribution in [0.2, 0.25) is 0 Å². The van der Waals surface area contributed by atoms with Crippen molar-refractivity contribution in [1.29, 1.82) is 0 Å². The van der Waals surface area contributed by atoms with Gasteiger partial charge in [-0.25, -0.2) is 8.42 Å². The fourth-order valence-corrected chi connectivity index (χ4v) is 4.85. The fraction of sp³-hybridized carbons (Fsp3) is 0.481. The molecule has 0 saturated carbocycles. The Kier molecular flexibility index (Phi) is 11.2. The standard InChI is InChI=1S/C27H39N3O5S/c1-6-7-16-28-27(32)22(3)29(20-23-12-8-11-21(2)18-23)26(31)15-10-17-30(36(5,33)34)24-13-9-14-25(19-24)35-4/h8-9,11-14,18-19,22H,6-7,10,15-17,20H2,1-5H3,(H,28,32)/t22-/m1/s1. The van der Waals surface area contributed by atoms with Crippen molar-refractivity contribution in [3.63, 3.8) is 0 Å². The van der Waals surface area contributed by atoms with E-state index in [9.17, 15) is 18.0 Å². The molecule has 2 rings (SSSR count). The lowest BCUT2D eigenvalue weighted by atomic mass is 10.1. The number of hydrogen-bond donors (Lipinski definition) is 1. The number of nitrogens with zero attached hydrogens (tertiary/aromatic N) is 2. The van der Waals surface area contributed by atoms with E-state index in [1.165, 1.54) is 11.4 Å². The number of benzene rings is 2. The second kappa shape index (κ2) is 13.9. The fourth-order valence-electron chi connectivity index (χ4n) is 3.90. The average molecular weight is 518 g/mol. The summed E-state index contributed by atoms with van der Waals surface area (Å²) in [5.74, 6) is 0.150. The first-order valence-corrected chi connectivity index (χ1v) is 14.2. The van der Waals surface area contributed by atoms with Crippen molar-refractivity contribution in [3.05, 3.63) is 59.7 Å². The van der Waals surface area contributed by atoms with Crippen LogP contribution in [0.4, 0.5) is 5.69 Å². The van der Waals surface area contributed by atoms with Crippen LogP contribution in [0.3, 0.4) is 0 Å². The molecule has 0 bridgehead atoms. The topological polar surface area (TPSA) is 96.0 Å². The Labute approximate surface area is 215 Å². The number of hydrogen-bond acceptors (Lipinski definition) is 5. The minimum atomic E-state index is -3.57. The Balaban J connectivity index is 2.16. The van der Waals surface area contributed by atoms with Gasteiger partial charge in [0.05, 0.1) is 19.1 Å². The van der Waals surface area contributed by atoms with Gasteiger partial charge in [0.1, 0.15) is 11.8 Å². The number of sulfonamides is 1. The molecule has 0 aliphatic carbocycles. The maximum atomic E-state index is 13.3. The largest absolute Gasteiger partial charge is 0.497 e. The molecule has 0 unspecified atom stereocenters. The molecule has 2 amide bonds. The van der Waals surface area contributed by atoms with E-state index >= 15 is 0 Å². The number of anilines is 1. The number of carbonyl (C=O) groups is 2. The van der Waals surface area contributed by atoms with Gasteiger partial charge in [-0.2, -0.15) is 0 Å². The molecule has 0 aliphatic rings. The van der Waals surface area contributed by atoms with Gasteiger partial charge < -0.3 is 15.0 Å². The third kappa shape index (κ3) is 8.86. The molecule has 8 nitrogen and oxygen atoms in total. The summed E-state index contributed by atoms with van der Waals surface area (Å²) in [5.41, 5.74) is 2.48. The molecule has 0 fully saturated rings. The van der Waals surface area contributed by atoms with Gasteiger partial charge >= 0.3 is 0 Å². The molecule has 9 heteroatoms. The molecule has 1 atom stereocenters.